The molecule has 3 rings (SSSR count). The van der Waals surface area contributed by atoms with E-state index in [2.05, 4.69) is 49.3 Å². The molecule has 1 amide bonds. The number of carbonyl (C=O) groups excluding carboxylic acids is 1. The maximum Gasteiger partial charge on any atom is 0.234 e. The number of ether oxygens (including phenoxy) is 1. The molecule has 0 aliphatic carbocycles. The van der Waals surface area contributed by atoms with Gasteiger partial charge in [-0.3, -0.25) is 4.79 Å². The summed E-state index contributed by atoms with van der Waals surface area (Å²) in [4.78, 5) is 12.5. The zero-order valence-corrected chi connectivity index (χ0v) is 21.6. The first-order valence-electron chi connectivity index (χ1n) is 10.7. The van der Waals surface area contributed by atoms with Crippen LogP contribution in [0.5, 0.6) is 5.75 Å². The number of thioether (sulfide) groups is 1. The predicted molar refractivity (Wildman–Crippen MR) is 136 cm³/mol. The van der Waals surface area contributed by atoms with Crippen molar-refractivity contribution < 1.29 is 9.53 Å². The van der Waals surface area contributed by atoms with Crippen LogP contribution in [-0.4, -0.2) is 26.4 Å². The van der Waals surface area contributed by atoms with Gasteiger partial charge in [-0.2, -0.15) is 0 Å². The smallest absolute Gasteiger partial charge is 0.234 e. The van der Waals surface area contributed by atoms with Crippen molar-refractivity contribution in [3.8, 4) is 5.75 Å². The number of para-hydroxylation sites is 1. The largest absolute Gasteiger partial charge is 0.482 e. The van der Waals surface area contributed by atoms with Gasteiger partial charge in [0.15, 0.2) is 17.1 Å². The Morgan fingerprint density at radius 2 is 1.73 bits per heavy atom. The van der Waals surface area contributed by atoms with E-state index in [9.17, 15) is 4.79 Å². The maximum absolute atomic E-state index is 12.5. The van der Waals surface area contributed by atoms with Gasteiger partial charge in [0.05, 0.1) is 5.75 Å². The van der Waals surface area contributed by atoms with Crippen LogP contribution in [-0.2, 0) is 4.79 Å². The molecule has 1 atom stereocenters. The van der Waals surface area contributed by atoms with E-state index in [1.54, 1.807) is 18.2 Å². The summed E-state index contributed by atoms with van der Waals surface area (Å²) in [6, 6.07) is 13.0. The van der Waals surface area contributed by atoms with E-state index in [1.165, 1.54) is 11.8 Å². The quantitative estimate of drug-likeness (QED) is 0.311. The lowest BCUT2D eigenvalue weighted by Crippen LogP contribution is -2.17. The van der Waals surface area contributed by atoms with Crippen molar-refractivity contribution in [3.63, 3.8) is 0 Å². The minimum Gasteiger partial charge on any atom is -0.482 e. The zero-order valence-electron chi connectivity index (χ0n) is 19.3. The lowest BCUT2D eigenvalue weighted by Gasteiger charge is -2.21. The molecule has 0 aliphatic heterocycles. The van der Waals surface area contributed by atoms with Crippen molar-refractivity contribution in [2.24, 2.45) is 0 Å². The van der Waals surface area contributed by atoms with E-state index in [1.807, 2.05) is 29.7 Å². The highest BCUT2D eigenvalue weighted by molar-refractivity contribution is 7.99. The van der Waals surface area contributed by atoms with Gasteiger partial charge in [-0.25, -0.2) is 0 Å². The molecule has 0 spiro atoms. The fourth-order valence-electron chi connectivity index (χ4n) is 3.41. The molecule has 0 aliphatic rings. The van der Waals surface area contributed by atoms with Gasteiger partial charge in [-0.1, -0.05) is 67.0 Å². The van der Waals surface area contributed by atoms with Gasteiger partial charge in [-0.15, -0.1) is 10.2 Å². The monoisotopic (exact) mass is 506 g/mol. The van der Waals surface area contributed by atoms with Crippen molar-refractivity contribution in [2.45, 2.75) is 57.8 Å². The first kappa shape index (κ1) is 25.4. The number of amides is 1. The molecule has 1 aromatic heterocycles. The minimum atomic E-state index is -0.309. The second-order valence-corrected chi connectivity index (χ2v) is 10.1. The van der Waals surface area contributed by atoms with Crippen LogP contribution in [0, 0.1) is 0 Å². The number of halogens is 2. The van der Waals surface area contributed by atoms with Gasteiger partial charge in [-0.05, 0) is 56.5 Å². The van der Waals surface area contributed by atoms with Gasteiger partial charge in [0.1, 0.15) is 5.75 Å². The molecule has 33 heavy (non-hydrogen) atoms. The molecular formula is C24H28Cl2N4O2S. The summed E-state index contributed by atoms with van der Waals surface area (Å²) in [7, 11) is 0. The third-order valence-corrected chi connectivity index (χ3v) is 6.27. The molecule has 9 heteroatoms. The van der Waals surface area contributed by atoms with Crippen molar-refractivity contribution in [3.05, 3.63) is 63.9 Å². The molecule has 0 saturated carbocycles. The number of aromatic nitrogens is 3. The van der Waals surface area contributed by atoms with Crippen LogP contribution in [0.15, 0.2) is 47.6 Å². The number of rotatable bonds is 9. The Labute approximate surface area is 209 Å². The molecule has 3 aromatic rings. The van der Waals surface area contributed by atoms with E-state index in [0.29, 0.717) is 32.6 Å². The SMILES string of the molecule is CC(C)c1ccccc1OC(C)c1nnc(SCC(=O)Nc2cc(Cl)cc(Cl)c2)n1C(C)C. The maximum atomic E-state index is 12.5. The average Bonchev–Trinajstić information content (AvgIpc) is 3.16. The number of benzene rings is 2. The van der Waals surface area contributed by atoms with Crippen LogP contribution in [0.4, 0.5) is 5.69 Å². The molecular weight excluding hydrogens is 479 g/mol. The number of hydrogen-bond donors (Lipinski definition) is 1. The lowest BCUT2D eigenvalue weighted by atomic mass is 10.0. The van der Waals surface area contributed by atoms with Gasteiger partial charge in [0, 0.05) is 21.8 Å². The summed E-state index contributed by atoms with van der Waals surface area (Å²) >= 11 is 13.3. The molecule has 0 fully saturated rings. The molecule has 1 N–H and O–H groups in total. The minimum absolute atomic E-state index is 0.0960. The highest BCUT2D eigenvalue weighted by Crippen LogP contribution is 2.32. The number of nitrogens with one attached hydrogen (secondary N) is 1. The molecule has 1 unspecified atom stereocenters. The van der Waals surface area contributed by atoms with Gasteiger partial charge >= 0.3 is 0 Å². The summed E-state index contributed by atoms with van der Waals surface area (Å²) in [5.41, 5.74) is 1.70. The Kier molecular flexibility index (Phi) is 8.68. The molecule has 176 valence electrons. The third-order valence-electron chi connectivity index (χ3n) is 4.89. The van der Waals surface area contributed by atoms with Crippen molar-refractivity contribution in [1.82, 2.24) is 14.8 Å². The van der Waals surface area contributed by atoms with E-state index < -0.39 is 0 Å². The summed E-state index contributed by atoms with van der Waals surface area (Å²) in [6.45, 7) is 10.4. The normalized spacial score (nSPS) is 12.3. The predicted octanol–water partition coefficient (Wildman–Crippen LogP) is 7.16. The van der Waals surface area contributed by atoms with Crippen LogP contribution in [0.1, 0.15) is 64.1 Å². The summed E-state index contributed by atoms with van der Waals surface area (Å²) < 4.78 is 8.30. The number of carbonyl (C=O) groups is 1. The number of anilines is 1. The van der Waals surface area contributed by atoms with Gasteiger partial charge in [0.25, 0.3) is 0 Å². The van der Waals surface area contributed by atoms with Crippen LogP contribution in [0.25, 0.3) is 0 Å². The summed E-state index contributed by atoms with van der Waals surface area (Å²) in [6.07, 6.45) is -0.309. The molecule has 0 bridgehead atoms. The lowest BCUT2D eigenvalue weighted by molar-refractivity contribution is -0.113. The van der Waals surface area contributed by atoms with E-state index in [4.69, 9.17) is 27.9 Å². The Hall–Kier alpha value is -2.22. The Bertz CT molecular complexity index is 1100. The van der Waals surface area contributed by atoms with Crippen molar-refractivity contribution in [2.75, 3.05) is 11.1 Å². The second-order valence-electron chi connectivity index (χ2n) is 8.25. The van der Waals surface area contributed by atoms with Crippen LogP contribution < -0.4 is 10.1 Å². The van der Waals surface area contributed by atoms with Gasteiger partial charge < -0.3 is 14.6 Å². The van der Waals surface area contributed by atoms with Crippen LogP contribution >= 0.6 is 35.0 Å². The fraction of sp³-hybridized carbons (Fsp3) is 0.375. The first-order valence-corrected chi connectivity index (χ1v) is 12.5. The third kappa shape index (κ3) is 6.65. The number of hydrogen-bond acceptors (Lipinski definition) is 5. The standard InChI is InChI=1S/C24H28Cl2N4O2S/c1-14(2)20-8-6-7-9-21(20)32-16(5)23-28-29-24(30(23)15(3)4)33-13-22(31)27-19-11-17(25)10-18(26)12-19/h6-12,14-16H,13H2,1-5H3,(H,27,31). The highest BCUT2D eigenvalue weighted by atomic mass is 35.5. The molecule has 6 nitrogen and oxygen atoms in total. The molecule has 2 aromatic carbocycles. The van der Waals surface area contributed by atoms with E-state index in [0.717, 1.165) is 11.3 Å². The number of nitrogens with zero attached hydrogens (tertiary/aromatic N) is 3. The average molecular weight is 507 g/mol. The van der Waals surface area contributed by atoms with Gasteiger partial charge in [0.2, 0.25) is 5.91 Å². The second kappa shape index (κ2) is 11.3. The topological polar surface area (TPSA) is 69.0 Å². The fourth-order valence-corrected chi connectivity index (χ4v) is 4.81. The Morgan fingerprint density at radius 3 is 2.36 bits per heavy atom. The highest BCUT2D eigenvalue weighted by Gasteiger charge is 2.23. The van der Waals surface area contributed by atoms with Crippen molar-refractivity contribution in [1.29, 1.82) is 0 Å². The first-order chi connectivity index (χ1) is 15.7. The zero-order chi connectivity index (χ0) is 24.1. The summed E-state index contributed by atoms with van der Waals surface area (Å²) in [5.74, 6) is 1.88. The van der Waals surface area contributed by atoms with Crippen molar-refractivity contribution >= 4 is 46.6 Å². The van der Waals surface area contributed by atoms with Crippen LogP contribution in [0.3, 0.4) is 0 Å². The molecule has 0 radical (unpaired) electrons. The molecule has 1 heterocycles. The Balaban J connectivity index is 1.72. The van der Waals surface area contributed by atoms with E-state index >= 15 is 0 Å². The van der Waals surface area contributed by atoms with E-state index in [-0.39, 0.29) is 23.8 Å². The van der Waals surface area contributed by atoms with Crippen LogP contribution in [0.2, 0.25) is 10.0 Å². The molecule has 0 saturated heterocycles. The summed E-state index contributed by atoms with van der Waals surface area (Å²) in [5, 5.41) is 13.1. The Morgan fingerprint density at radius 1 is 1.06 bits per heavy atom.